The first-order chi connectivity index (χ1) is 13.3. The monoisotopic (exact) mass is 390 g/mol. The summed E-state index contributed by atoms with van der Waals surface area (Å²) in [7, 11) is 0. The van der Waals surface area contributed by atoms with E-state index in [0.29, 0.717) is 0 Å². The van der Waals surface area contributed by atoms with E-state index in [-0.39, 0.29) is 46.7 Å². The van der Waals surface area contributed by atoms with Gasteiger partial charge in [-0.2, -0.15) is 5.26 Å². The topological polar surface area (TPSA) is 84.7 Å². The van der Waals surface area contributed by atoms with Crippen molar-refractivity contribution in [1.82, 2.24) is 9.97 Å². The van der Waals surface area contributed by atoms with Gasteiger partial charge in [0.05, 0.1) is 23.4 Å². The first-order valence-electron chi connectivity index (χ1n) is 8.70. The molecule has 0 bridgehead atoms. The maximum Gasteiger partial charge on any atom is 0.166 e. The number of aliphatic hydroxyl groups is 1. The van der Waals surface area contributed by atoms with Crippen LogP contribution in [0.1, 0.15) is 26.3 Å². The fraction of sp³-hybridized carbons (Fsp3) is 0.300. The predicted molar refractivity (Wildman–Crippen MR) is 102 cm³/mol. The van der Waals surface area contributed by atoms with E-state index in [2.05, 4.69) is 36.1 Å². The molecule has 8 heteroatoms. The second-order valence-electron chi connectivity index (χ2n) is 6.72. The molecule has 28 heavy (non-hydrogen) atoms. The van der Waals surface area contributed by atoms with Crippen LogP contribution < -0.4 is 5.32 Å². The molecule has 0 aliphatic heterocycles. The Morgan fingerprint density at radius 1 is 1.18 bits per heavy atom. The molecule has 0 atom stereocenters. The highest BCUT2D eigenvalue weighted by Gasteiger charge is 2.18. The van der Waals surface area contributed by atoms with Crippen LogP contribution >= 0.6 is 0 Å². The predicted octanol–water partition coefficient (Wildman–Crippen LogP) is 4.59. The number of anilines is 1. The SMILES string of the molecule is CC(C)C.N#Cc1cc(F)c(NCCO)nc1-c1c[nH]c2c(F)cc(F)cc12. The molecule has 3 rings (SSSR count). The summed E-state index contributed by atoms with van der Waals surface area (Å²) in [4.78, 5) is 6.71. The number of nitriles is 1. The molecule has 0 amide bonds. The number of aromatic amines is 1. The van der Waals surface area contributed by atoms with Crippen molar-refractivity contribution in [3.63, 3.8) is 0 Å². The number of hydrogen-bond acceptors (Lipinski definition) is 4. The Morgan fingerprint density at radius 3 is 2.46 bits per heavy atom. The number of pyridine rings is 1. The molecule has 5 nitrogen and oxygen atoms in total. The summed E-state index contributed by atoms with van der Waals surface area (Å²) in [6, 6.07) is 4.65. The van der Waals surface area contributed by atoms with Crippen LogP contribution in [0.2, 0.25) is 0 Å². The molecular weight excluding hydrogens is 369 g/mol. The standard InChI is InChI=1S/C16H11F3N4O.C4H10/c17-9-4-10-11(7-22-15(10)12(18)5-9)14-8(6-20)3-13(19)16(23-14)21-1-2-24;1-4(2)3/h3-5,7,22,24H,1-2H2,(H,21,23);4H,1-3H3. The number of H-pyrrole nitrogens is 1. The Morgan fingerprint density at radius 2 is 1.86 bits per heavy atom. The maximum absolute atomic E-state index is 13.9. The highest BCUT2D eigenvalue weighted by Crippen LogP contribution is 2.33. The van der Waals surface area contributed by atoms with E-state index in [9.17, 15) is 18.4 Å². The van der Waals surface area contributed by atoms with Crippen LogP contribution in [0.5, 0.6) is 0 Å². The third kappa shape index (κ3) is 4.81. The molecule has 148 valence electrons. The fourth-order valence-corrected chi connectivity index (χ4v) is 2.43. The number of benzene rings is 1. The number of halogens is 3. The van der Waals surface area contributed by atoms with Gasteiger partial charge >= 0.3 is 0 Å². The van der Waals surface area contributed by atoms with E-state index < -0.39 is 17.5 Å². The van der Waals surface area contributed by atoms with Crippen LogP contribution in [-0.4, -0.2) is 28.2 Å². The van der Waals surface area contributed by atoms with E-state index >= 15 is 0 Å². The quantitative estimate of drug-likeness (QED) is 0.609. The van der Waals surface area contributed by atoms with Crippen molar-refractivity contribution in [2.75, 3.05) is 18.5 Å². The van der Waals surface area contributed by atoms with E-state index in [1.54, 1.807) is 0 Å². The van der Waals surface area contributed by atoms with Gasteiger partial charge in [-0.05, 0) is 18.1 Å². The summed E-state index contributed by atoms with van der Waals surface area (Å²) < 4.78 is 41.3. The molecule has 3 N–H and O–H groups in total. The highest BCUT2D eigenvalue weighted by atomic mass is 19.1. The second-order valence-corrected chi connectivity index (χ2v) is 6.72. The molecule has 2 heterocycles. The molecule has 0 aliphatic carbocycles. The molecule has 3 aromatic rings. The Kier molecular flexibility index (Phi) is 7.01. The fourth-order valence-electron chi connectivity index (χ4n) is 2.43. The minimum absolute atomic E-state index is 0.0614. The zero-order chi connectivity index (χ0) is 20.8. The van der Waals surface area contributed by atoms with Crippen LogP contribution in [0.15, 0.2) is 24.4 Å². The first-order valence-corrected chi connectivity index (χ1v) is 8.70. The van der Waals surface area contributed by atoms with Crippen LogP contribution in [0.3, 0.4) is 0 Å². The zero-order valence-electron chi connectivity index (χ0n) is 15.8. The summed E-state index contributed by atoms with van der Waals surface area (Å²) in [6.07, 6.45) is 1.38. The lowest BCUT2D eigenvalue weighted by molar-refractivity contribution is 0.310. The van der Waals surface area contributed by atoms with Gasteiger partial charge in [0.25, 0.3) is 0 Å². The second kappa shape index (κ2) is 9.24. The van der Waals surface area contributed by atoms with Crippen LogP contribution in [-0.2, 0) is 0 Å². The van der Waals surface area contributed by atoms with Crippen molar-refractivity contribution in [2.24, 2.45) is 5.92 Å². The molecule has 0 unspecified atom stereocenters. The number of aliphatic hydroxyl groups excluding tert-OH is 1. The van der Waals surface area contributed by atoms with Crippen molar-refractivity contribution in [3.05, 3.63) is 47.4 Å². The van der Waals surface area contributed by atoms with Gasteiger partial charge in [-0.25, -0.2) is 18.2 Å². The van der Waals surface area contributed by atoms with E-state index in [4.69, 9.17) is 5.11 Å². The van der Waals surface area contributed by atoms with Gasteiger partial charge in [-0.3, -0.25) is 0 Å². The van der Waals surface area contributed by atoms with Crippen LogP contribution in [0.25, 0.3) is 22.2 Å². The Hall–Kier alpha value is -3.05. The summed E-state index contributed by atoms with van der Waals surface area (Å²) in [6.45, 7) is 6.33. The van der Waals surface area contributed by atoms with E-state index in [0.717, 1.165) is 24.1 Å². The average molecular weight is 390 g/mol. The van der Waals surface area contributed by atoms with Crippen molar-refractivity contribution in [2.45, 2.75) is 20.8 Å². The number of hydrogen-bond donors (Lipinski definition) is 3. The van der Waals surface area contributed by atoms with Crippen molar-refractivity contribution >= 4 is 16.7 Å². The smallest absolute Gasteiger partial charge is 0.166 e. The Balaban J connectivity index is 0.000000640. The molecule has 2 aromatic heterocycles. The highest BCUT2D eigenvalue weighted by molar-refractivity contribution is 5.96. The average Bonchev–Trinajstić information content (AvgIpc) is 3.03. The van der Waals surface area contributed by atoms with Gasteiger partial charge in [-0.15, -0.1) is 0 Å². The maximum atomic E-state index is 13.9. The molecular formula is C20H21F3N4O. The van der Waals surface area contributed by atoms with E-state index in [1.807, 2.05) is 6.07 Å². The number of aromatic nitrogens is 2. The molecule has 0 radical (unpaired) electrons. The summed E-state index contributed by atoms with van der Waals surface area (Å²) in [5.41, 5.74) is 0.335. The number of rotatable bonds is 4. The summed E-state index contributed by atoms with van der Waals surface area (Å²) >= 11 is 0. The molecule has 0 saturated heterocycles. The van der Waals surface area contributed by atoms with Gasteiger partial charge < -0.3 is 15.4 Å². The minimum atomic E-state index is -0.782. The van der Waals surface area contributed by atoms with Crippen molar-refractivity contribution in [1.29, 1.82) is 5.26 Å². The molecule has 1 aromatic carbocycles. The number of fused-ring (bicyclic) bond motifs is 1. The lowest BCUT2D eigenvalue weighted by atomic mass is 10.0. The lowest BCUT2D eigenvalue weighted by Crippen LogP contribution is -2.09. The zero-order valence-corrected chi connectivity index (χ0v) is 15.8. The van der Waals surface area contributed by atoms with Gasteiger partial charge in [0.2, 0.25) is 0 Å². The van der Waals surface area contributed by atoms with Crippen LogP contribution in [0.4, 0.5) is 19.0 Å². The molecule has 0 spiro atoms. The van der Waals surface area contributed by atoms with Gasteiger partial charge in [0.15, 0.2) is 11.6 Å². The largest absolute Gasteiger partial charge is 0.395 e. The van der Waals surface area contributed by atoms with Gasteiger partial charge in [0, 0.05) is 29.8 Å². The van der Waals surface area contributed by atoms with Crippen molar-refractivity contribution in [3.8, 4) is 17.3 Å². The van der Waals surface area contributed by atoms with Gasteiger partial charge in [0.1, 0.15) is 17.7 Å². The van der Waals surface area contributed by atoms with E-state index in [1.165, 1.54) is 6.20 Å². The number of nitrogens with zero attached hydrogens (tertiary/aromatic N) is 2. The lowest BCUT2D eigenvalue weighted by Gasteiger charge is -2.09. The van der Waals surface area contributed by atoms with Gasteiger partial charge in [-0.1, -0.05) is 20.8 Å². The molecule has 0 fully saturated rings. The first kappa shape index (κ1) is 21.3. The molecule has 0 aliphatic rings. The summed E-state index contributed by atoms with van der Waals surface area (Å²) in [5, 5.41) is 20.8. The number of nitrogens with one attached hydrogen (secondary N) is 2. The van der Waals surface area contributed by atoms with Crippen molar-refractivity contribution < 1.29 is 18.3 Å². The van der Waals surface area contributed by atoms with Crippen LogP contribution in [0, 0.1) is 34.7 Å². The Bertz CT molecular complexity index is 1010. The minimum Gasteiger partial charge on any atom is -0.395 e. The third-order valence-corrected chi connectivity index (χ3v) is 3.46. The summed E-state index contributed by atoms with van der Waals surface area (Å²) in [5.74, 6) is -1.65. The normalized spacial score (nSPS) is 10.5. The molecule has 0 saturated carbocycles. The Labute approximate surface area is 160 Å². The third-order valence-electron chi connectivity index (χ3n) is 3.46.